The van der Waals surface area contributed by atoms with Gasteiger partial charge in [0.2, 0.25) is 0 Å². The maximum Gasteiger partial charge on any atom is -0.00661 e. The predicted octanol–water partition coefficient (Wildman–Crippen LogP) is 3.63. The molecule has 0 heterocycles. The van der Waals surface area contributed by atoms with Gasteiger partial charge in [-0.25, -0.2) is 0 Å². The van der Waals surface area contributed by atoms with E-state index in [2.05, 4.69) is 30.3 Å². The Balaban J connectivity index is -0.000000188. The van der Waals surface area contributed by atoms with E-state index < -0.39 is 5.54 Å². The third kappa shape index (κ3) is 36.5. The molecule has 7 heteroatoms. The Morgan fingerprint density at radius 1 is 1.06 bits per heavy atom. The molecule has 0 aliphatic carbocycles. The van der Waals surface area contributed by atoms with Crippen molar-refractivity contribution >= 4 is 10.1 Å². The first-order chi connectivity index (χ1) is 7.47. The second kappa shape index (κ2) is 18.0. The molecule has 5 N–H and O–H groups in total. The average molecular weight is 296 g/mol. The van der Waals surface area contributed by atoms with Crippen LogP contribution in [0.3, 0.4) is 0 Å². The number of halogens is 1. The summed E-state index contributed by atoms with van der Waals surface area (Å²) in [7, 11) is 4.33. The quantitative estimate of drug-likeness (QED) is 0.742. The van der Waals surface area contributed by atoms with Gasteiger partial charge in [-0.05, 0) is 13.1 Å². The Hall–Kier alpha value is 0.596. The molecule has 0 aromatic heterocycles. The van der Waals surface area contributed by atoms with E-state index in [1.807, 2.05) is 0 Å². The molecule has 0 amide bonds. The first-order valence-electron chi connectivity index (χ1n) is 5.00. The molecule has 16 heavy (non-hydrogen) atoms. The van der Waals surface area contributed by atoms with Crippen LogP contribution in [0, 0.1) is 0 Å². The van der Waals surface area contributed by atoms with Crippen LogP contribution >= 0.6 is 10.1 Å². The van der Waals surface area contributed by atoms with Gasteiger partial charge in [-0.1, -0.05) is 20.3 Å². The molecular formula is C9H23ClCoN5-3. The minimum absolute atomic E-state index is 0.188. The Morgan fingerprint density at radius 3 is 1.75 bits per heavy atom. The third-order valence-corrected chi connectivity index (χ3v) is 1.27. The molecule has 0 aliphatic heterocycles. The predicted molar refractivity (Wildman–Crippen MR) is 69.3 cm³/mol. The van der Waals surface area contributed by atoms with Gasteiger partial charge in [0, 0.05) is 0 Å². The van der Waals surface area contributed by atoms with E-state index in [1.54, 1.807) is 13.8 Å². The molecule has 5 nitrogen and oxygen atoms in total. The van der Waals surface area contributed by atoms with E-state index >= 15 is 0 Å². The minimum atomic E-state index is -0.542. The van der Waals surface area contributed by atoms with Crippen LogP contribution in [0.1, 0.15) is 20.3 Å². The molecule has 0 aliphatic rings. The summed E-state index contributed by atoms with van der Waals surface area (Å²) in [4.78, 5) is 0. The van der Waals surface area contributed by atoms with Crippen LogP contribution in [0.5, 0.6) is 0 Å². The van der Waals surface area contributed by atoms with Gasteiger partial charge in [0.05, 0.1) is 0 Å². The Morgan fingerprint density at radius 2 is 1.50 bits per heavy atom. The van der Waals surface area contributed by atoms with Gasteiger partial charge in [0.1, 0.15) is 0 Å². The van der Waals surface area contributed by atoms with Crippen LogP contribution in [0.4, 0.5) is 0 Å². The van der Waals surface area contributed by atoms with Crippen molar-refractivity contribution in [3.8, 4) is 0 Å². The van der Waals surface area contributed by atoms with Crippen molar-refractivity contribution in [1.29, 1.82) is 0 Å². The Kier molecular flexibility index (Phi) is 24.5. The largest absolute Gasteiger partial charge is 0.677 e. The Bertz CT molecular complexity index is 105. The van der Waals surface area contributed by atoms with Crippen molar-refractivity contribution in [1.82, 2.24) is 5.32 Å². The molecule has 103 valence electrons. The van der Waals surface area contributed by atoms with Gasteiger partial charge < -0.3 is 28.3 Å². The van der Waals surface area contributed by atoms with Crippen molar-refractivity contribution in [3.63, 3.8) is 0 Å². The summed E-state index contributed by atoms with van der Waals surface area (Å²) in [6.07, 6.45) is 0.903. The molecule has 0 fully saturated rings. The van der Waals surface area contributed by atoms with E-state index in [0.717, 1.165) is 19.5 Å². The summed E-state index contributed by atoms with van der Waals surface area (Å²) in [6.45, 7) is 6.22. The van der Waals surface area contributed by atoms with Gasteiger partial charge in [0.25, 0.3) is 0 Å². The molecule has 0 bridgehead atoms. The zero-order valence-electron chi connectivity index (χ0n) is 9.95. The fraction of sp³-hybridized carbons (Fsp3) is 1.00. The van der Waals surface area contributed by atoms with E-state index in [1.165, 1.54) is 0 Å². The second-order valence-electron chi connectivity index (χ2n) is 3.66. The molecule has 0 aromatic rings. The second-order valence-corrected chi connectivity index (χ2v) is 3.66. The zero-order chi connectivity index (χ0) is 13.4. The minimum Gasteiger partial charge on any atom is -0.677 e. The summed E-state index contributed by atoms with van der Waals surface area (Å²) < 4.78 is 0. The van der Waals surface area contributed by atoms with E-state index in [9.17, 15) is 0 Å². The average Bonchev–Trinajstić information content (AvgIpc) is 2.27. The first-order valence-corrected chi connectivity index (χ1v) is 6.43. The molecule has 0 unspecified atom stereocenters. The van der Waals surface area contributed by atoms with E-state index in [0.29, 0.717) is 13.1 Å². The normalized spacial score (nSPS) is 9.75. The molecule has 0 atom stereocenters. The molecular weight excluding hydrogens is 273 g/mol. The Labute approximate surface area is 112 Å². The number of hydrogen-bond donors (Lipinski definition) is 1. The van der Waals surface area contributed by atoms with Gasteiger partial charge in [0.15, 0.2) is 0 Å². The summed E-state index contributed by atoms with van der Waals surface area (Å²) in [5, 5.41) is 3.03. The molecule has 0 saturated carbocycles. The van der Waals surface area contributed by atoms with Crippen molar-refractivity contribution in [2.24, 2.45) is 0 Å². The summed E-state index contributed by atoms with van der Waals surface area (Å²) in [5.41, 5.74) is 26.6. The van der Waals surface area contributed by atoms with Crippen LogP contribution < -0.4 is 5.32 Å². The SMILES string of the molecule is CC(C)([NH-])C[NH-].[Cl][Co+].[NH-]CCCNCC[NH-]. The number of nitrogens with one attached hydrogen (secondary N) is 5. The molecule has 0 spiro atoms. The van der Waals surface area contributed by atoms with Crippen molar-refractivity contribution in [2.45, 2.75) is 25.8 Å². The number of rotatable bonds is 6. The molecule has 0 radical (unpaired) electrons. The number of hydrogen-bond acceptors (Lipinski definition) is 1. The van der Waals surface area contributed by atoms with Gasteiger partial charge in [-0.2, -0.15) is 12.1 Å². The maximum absolute atomic E-state index is 6.99. The van der Waals surface area contributed by atoms with Crippen LogP contribution in [0.25, 0.3) is 22.9 Å². The van der Waals surface area contributed by atoms with Crippen LogP contribution in [-0.2, 0) is 14.8 Å². The smallest absolute Gasteiger partial charge is 0.00661 e. The van der Waals surface area contributed by atoms with Gasteiger partial charge in [-0.15, -0.1) is 13.1 Å². The molecule has 0 saturated heterocycles. The van der Waals surface area contributed by atoms with Crippen LogP contribution in [-0.4, -0.2) is 38.3 Å². The standard InChI is InChI=1S/C5H13N3.C4H10N2.ClH.Co/c6-2-1-4-8-5-3-7;1-4(2,6)3-5;;/h6-8H,1-5H2;5-6H,3H2,1-2H3;1H;/q2*-2;;+2/p-1. The zero-order valence-corrected chi connectivity index (χ0v) is 11.8. The first kappa shape index (κ1) is 21.8. The van der Waals surface area contributed by atoms with Crippen molar-refractivity contribution in [3.05, 3.63) is 22.9 Å². The fourth-order valence-corrected chi connectivity index (χ4v) is 0.427. The van der Waals surface area contributed by atoms with E-state index in [4.69, 9.17) is 22.9 Å². The maximum atomic E-state index is 6.99. The van der Waals surface area contributed by atoms with Gasteiger partial charge >= 0.3 is 25.0 Å². The summed E-state index contributed by atoms with van der Waals surface area (Å²) in [6, 6.07) is 0. The molecule has 0 aromatic carbocycles. The van der Waals surface area contributed by atoms with Crippen molar-refractivity contribution < 1.29 is 14.8 Å². The monoisotopic (exact) mass is 295 g/mol. The summed E-state index contributed by atoms with van der Waals surface area (Å²) >= 11 is 3.03. The summed E-state index contributed by atoms with van der Waals surface area (Å²) in [5.74, 6) is 0. The fourth-order valence-electron chi connectivity index (χ4n) is 0.427. The van der Waals surface area contributed by atoms with Crippen LogP contribution in [0.15, 0.2) is 0 Å². The molecule has 0 rings (SSSR count). The van der Waals surface area contributed by atoms with E-state index in [-0.39, 0.29) is 6.54 Å². The van der Waals surface area contributed by atoms with Crippen LogP contribution in [0.2, 0.25) is 0 Å². The third-order valence-electron chi connectivity index (χ3n) is 1.27. The van der Waals surface area contributed by atoms with Crippen molar-refractivity contribution in [2.75, 3.05) is 32.7 Å². The van der Waals surface area contributed by atoms with Gasteiger partial charge in [-0.3, -0.25) is 0 Å². The topological polar surface area (TPSA) is 107 Å².